The van der Waals surface area contributed by atoms with E-state index in [9.17, 15) is 0 Å². The van der Waals surface area contributed by atoms with Crippen LogP contribution >= 0.6 is 0 Å². The van der Waals surface area contributed by atoms with Crippen LogP contribution in [-0.2, 0) is 4.74 Å². The highest BCUT2D eigenvalue weighted by molar-refractivity contribution is 4.64. The van der Waals surface area contributed by atoms with Crippen LogP contribution in [0.1, 0.15) is 13.3 Å². The van der Waals surface area contributed by atoms with Gasteiger partial charge in [0.25, 0.3) is 0 Å². The standard InChI is InChI=1S/C6H14O3/c1-3-6(9-2)5(8)4-7/h5-8H,3-4H2,1-2H3. The maximum absolute atomic E-state index is 8.94. The predicted molar refractivity (Wildman–Crippen MR) is 34.2 cm³/mol. The molecule has 0 fully saturated rings. The third-order valence-electron chi connectivity index (χ3n) is 1.32. The Bertz CT molecular complexity index is 61.3. The lowest BCUT2D eigenvalue weighted by Gasteiger charge is -2.17. The fourth-order valence-corrected chi connectivity index (χ4v) is 0.713. The van der Waals surface area contributed by atoms with Gasteiger partial charge in [0.15, 0.2) is 0 Å². The average Bonchev–Trinajstić information content (AvgIpc) is 1.90. The van der Waals surface area contributed by atoms with Crippen LogP contribution in [0.2, 0.25) is 0 Å². The molecule has 0 aromatic rings. The molecule has 0 aromatic carbocycles. The monoisotopic (exact) mass is 134 g/mol. The summed E-state index contributed by atoms with van der Waals surface area (Å²) in [6.45, 7) is 1.67. The van der Waals surface area contributed by atoms with Crippen molar-refractivity contribution in [3.63, 3.8) is 0 Å². The van der Waals surface area contributed by atoms with Crippen LogP contribution < -0.4 is 0 Å². The summed E-state index contributed by atoms with van der Waals surface area (Å²) in [5, 5.41) is 17.4. The van der Waals surface area contributed by atoms with Gasteiger partial charge in [-0.25, -0.2) is 0 Å². The van der Waals surface area contributed by atoms with E-state index < -0.39 is 6.10 Å². The van der Waals surface area contributed by atoms with Crippen molar-refractivity contribution in [1.29, 1.82) is 0 Å². The maximum atomic E-state index is 8.94. The summed E-state index contributed by atoms with van der Waals surface area (Å²) < 4.78 is 4.84. The molecule has 0 aliphatic heterocycles. The zero-order chi connectivity index (χ0) is 7.28. The Morgan fingerprint density at radius 2 is 2.11 bits per heavy atom. The third kappa shape index (κ3) is 2.79. The summed E-state index contributed by atoms with van der Waals surface area (Å²) in [6, 6.07) is 0. The van der Waals surface area contributed by atoms with Crippen LogP contribution in [0.4, 0.5) is 0 Å². The number of aliphatic hydroxyl groups excluding tert-OH is 2. The van der Waals surface area contributed by atoms with Gasteiger partial charge in [-0.05, 0) is 6.42 Å². The lowest BCUT2D eigenvalue weighted by Crippen LogP contribution is -2.30. The quantitative estimate of drug-likeness (QED) is 0.558. The minimum Gasteiger partial charge on any atom is -0.394 e. The Labute approximate surface area is 55.3 Å². The van der Waals surface area contributed by atoms with Gasteiger partial charge in [-0.1, -0.05) is 6.92 Å². The largest absolute Gasteiger partial charge is 0.394 e. The van der Waals surface area contributed by atoms with Crippen molar-refractivity contribution in [2.24, 2.45) is 0 Å². The van der Waals surface area contributed by atoms with E-state index in [1.54, 1.807) is 0 Å². The molecule has 0 heterocycles. The minimum absolute atomic E-state index is 0.227. The van der Waals surface area contributed by atoms with Crippen molar-refractivity contribution >= 4 is 0 Å². The molecule has 0 aliphatic carbocycles. The number of hydrogen-bond acceptors (Lipinski definition) is 3. The summed E-state index contributed by atoms with van der Waals surface area (Å²) >= 11 is 0. The summed E-state index contributed by atoms with van der Waals surface area (Å²) in [6.07, 6.45) is -0.243. The van der Waals surface area contributed by atoms with E-state index in [1.165, 1.54) is 7.11 Å². The van der Waals surface area contributed by atoms with Crippen molar-refractivity contribution in [3.05, 3.63) is 0 Å². The van der Waals surface area contributed by atoms with E-state index in [-0.39, 0.29) is 12.7 Å². The van der Waals surface area contributed by atoms with E-state index >= 15 is 0 Å². The second-order valence-electron chi connectivity index (χ2n) is 1.93. The lowest BCUT2D eigenvalue weighted by atomic mass is 10.2. The van der Waals surface area contributed by atoms with Crippen molar-refractivity contribution in [2.45, 2.75) is 25.6 Å². The highest BCUT2D eigenvalue weighted by atomic mass is 16.5. The molecule has 9 heavy (non-hydrogen) atoms. The first kappa shape index (κ1) is 8.88. The van der Waals surface area contributed by atoms with Crippen LogP contribution in [0.3, 0.4) is 0 Å². The van der Waals surface area contributed by atoms with Crippen molar-refractivity contribution < 1.29 is 14.9 Å². The zero-order valence-electron chi connectivity index (χ0n) is 5.87. The molecule has 0 spiro atoms. The Morgan fingerprint density at radius 1 is 1.56 bits per heavy atom. The molecule has 2 atom stereocenters. The second kappa shape index (κ2) is 4.73. The van der Waals surface area contributed by atoms with Gasteiger partial charge in [0, 0.05) is 7.11 Å². The van der Waals surface area contributed by atoms with E-state index in [0.717, 1.165) is 6.42 Å². The van der Waals surface area contributed by atoms with Crippen LogP contribution in [0.5, 0.6) is 0 Å². The SMILES string of the molecule is CCC(OC)C(O)CO. The summed E-state index contributed by atoms with van der Waals surface area (Å²) in [7, 11) is 1.52. The highest BCUT2D eigenvalue weighted by Crippen LogP contribution is 2.01. The molecule has 0 aromatic heterocycles. The lowest BCUT2D eigenvalue weighted by molar-refractivity contribution is -0.0386. The summed E-state index contributed by atoms with van der Waals surface area (Å²) in [4.78, 5) is 0. The van der Waals surface area contributed by atoms with Gasteiger partial charge in [0.05, 0.1) is 12.7 Å². The number of ether oxygens (including phenoxy) is 1. The fraction of sp³-hybridized carbons (Fsp3) is 1.00. The zero-order valence-corrected chi connectivity index (χ0v) is 5.87. The van der Waals surface area contributed by atoms with Gasteiger partial charge >= 0.3 is 0 Å². The molecule has 3 nitrogen and oxygen atoms in total. The van der Waals surface area contributed by atoms with Crippen molar-refractivity contribution in [3.8, 4) is 0 Å². The molecule has 0 bridgehead atoms. The Hall–Kier alpha value is -0.120. The fourth-order valence-electron chi connectivity index (χ4n) is 0.713. The summed E-state index contributed by atoms with van der Waals surface area (Å²) in [5.74, 6) is 0. The van der Waals surface area contributed by atoms with E-state index in [2.05, 4.69) is 0 Å². The molecule has 0 saturated heterocycles. The number of hydrogen-bond donors (Lipinski definition) is 2. The van der Waals surface area contributed by atoms with Gasteiger partial charge in [-0.2, -0.15) is 0 Å². The van der Waals surface area contributed by atoms with E-state index in [1.807, 2.05) is 6.92 Å². The first-order valence-corrected chi connectivity index (χ1v) is 3.08. The molecule has 3 heteroatoms. The molecule has 0 rings (SSSR count). The van der Waals surface area contributed by atoms with Crippen LogP contribution in [0, 0.1) is 0 Å². The molecule has 2 unspecified atom stereocenters. The van der Waals surface area contributed by atoms with Gasteiger partial charge in [-0.15, -0.1) is 0 Å². The smallest absolute Gasteiger partial charge is 0.103 e. The number of aliphatic hydroxyl groups is 2. The molecule has 0 amide bonds. The third-order valence-corrected chi connectivity index (χ3v) is 1.32. The molecule has 0 radical (unpaired) electrons. The molecule has 0 aliphatic rings. The number of methoxy groups -OCH3 is 1. The first-order chi connectivity index (χ1) is 4.26. The first-order valence-electron chi connectivity index (χ1n) is 3.08. The highest BCUT2D eigenvalue weighted by Gasteiger charge is 2.14. The van der Waals surface area contributed by atoms with E-state index in [0.29, 0.717) is 0 Å². The maximum Gasteiger partial charge on any atom is 0.103 e. The molecule has 56 valence electrons. The second-order valence-corrected chi connectivity index (χ2v) is 1.93. The van der Waals surface area contributed by atoms with Crippen molar-refractivity contribution in [2.75, 3.05) is 13.7 Å². The normalized spacial score (nSPS) is 17.3. The van der Waals surface area contributed by atoms with Crippen molar-refractivity contribution in [1.82, 2.24) is 0 Å². The molecular formula is C6H14O3. The van der Waals surface area contributed by atoms with Gasteiger partial charge in [0.2, 0.25) is 0 Å². The Morgan fingerprint density at radius 3 is 2.22 bits per heavy atom. The molecule has 2 N–H and O–H groups in total. The van der Waals surface area contributed by atoms with Crippen LogP contribution in [0.15, 0.2) is 0 Å². The van der Waals surface area contributed by atoms with Gasteiger partial charge in [-0.3, -0.25) is 0 Å². The topological polar surface area (TPSA) is 49.7 Å². The van der Waals surface area contributed by atoms with Crippen LogP contribution in [-0.4, -0.2) is 36.1 Å². The van der Waals surface area contributed by atoms with E-state index in [4.69, 9.17) is 14.9 Å². The average molecular weight is 134 g/mol. The molecule has 0 saturated carbocycles. The Balaban J connectivity index is 3.50. The van der Waals surface area contributed by atoms with Gasteiger partial charge in [0.1, 0.15) is 6.10 Å². The predicted octanol–water partition coefficient (Wildman–Crippen LogP) is -0.235. The van der Waals surface area contributed by atoms with Gasteiger partial charge < -0.3 is 14.9 Å². The molecular weight excluding hydrogens is 120 g/mol. The van der Waals surface area contributed by atoms with Crippen LogP contribution in [0.25, 0.3) is 0 Å². The Kier molecular flexibility index (Phi) is 4.67. The number of rotatable bonds is 4. The minimum atomic E-state index is -0.736. The summed E-state index contributed by atoms with van der Waals surface area (Å²) in [5.41, 5.74) is 0.